The van der Waals surface area contributed by atoms with E-state index in [0.717, 1.165) is 17.7 Å². The molecule has 2 aromatic carbocycles. The summed E-state index contributed by atoms with van der Waals surface area (Å²) in [5.74, 6) is 0.467. The Morgan fingerprint density at radius 2 is 1.68 bits per heavy atom. The van der Waals surface area contributed by atoms with Crippen LogP contribution in [-0.4, -0.2) is 57.9 Å². The molecule has 0 spiro atoms. The van der Waals surface area contributed by atoms with Gasteiger partial charge < -0.3 is 14.4 Å². The lowest BCUT2D eigenvalue weighted by Crippen LogP contribution is -2.43. The van der Waals surface area contributed by atoms with Crippen LogP contribution in [0.2, 0.25) is 0 Å². The van der Waals surface area contributed by atoms with E-state index in [0.29, 0.717) is 30.9 Å². The zero-order valence-electron chi connectivity index (χ0n) is 17.9. The van der Waals surface area contributed by atoms with Crippen molar-refractivity contribution < 1.29 is 27.1 Å². The highest BCUT2D eigenvalue weighted by molar-refractivity contribution is 7.89. The summed E-state index contributed by atoms with van der Waals surface area (Å²) in [6.07, 6.45) is 0.880. The van der Waals surface area contributed by atoms with Crippen molar-refractivity contribution in [2.45, 2.75) is 24.3 Å². The molecule has 0 bridgehead atoms. The minimum atomic E-state index is -3.70. The number of amides is 1. The number of rotatable bonds is 7. The van der Waals surface area contributed by atoms with Crippen LogP contribution in [0.5, 0.6) is 11.5 Å². The van der Waals surface area contributed by atoms with Crippen molar-refractivity contribution in [1.29, 1.82) is 0 Å². The van der Waals surface area contributed by atoms with Crippen molar-refractivity contribution in [1.82, 2.24) is 9.21 Å². The molecule has 0 radical (unpaired) electrons. The van der Waals surface area contributed by atoms with Crippen LogP contribution in [0.25, 0.3) is 0 Å². The topological polar surface area (TPSA) is 76.2 Å². The van der Waals surface area contributed by atoms with E-state index in [1.165, 1.54) is 16.4 Å². The molecule has 1 aliphatic rings. The first-order valence-corrected chi connectivity index (χ1v) is 11.4. The fraction of sp³-hybridized carbons (Fsp3) is 0.409. The summed E-state index contributed by atoms with van der Waals surface area (Å²) in [5.41, 5.74) is 0.907. The minimum absolute atomic E-state index is 0.0198. The number of piperidine rings is 1. The molecule has 1 amide bonds. The van der Waals surface area contributed by atoms with E-state index in [4.69, 9.17) is 9.47 Å². The molecule has 0 N–H and O–H groups in total. The molecule has 0 atom stereocenters. The van der Waals surface area contributed by atoms with Gasteiger partial charge in [-0.1, -0.05) is 6.07 Å². The molecule has 31 heavy (non-hydrogen) atoms. The molecule has 1 saturated heterocycles. The number of hydrogen-bond acceptors (Lipinski definition) is 5. The van der Waals surface area contributed by atoms with Crippen LogP contribution in [0.15, 0.2) is 47.4 Å². The molecule has 7 nitrogen and oxygen atoms in total. The summed E-state index contributed by atoms with van der Waals surface area (Å²) in [6, 6.07) is 10.3. The molecule has 2 aromatic rings. The highest BCUT2D eigenvalue weighted by Gasteiger charge is 2.33. The van der Waals surface area contributed by atoms with Gasteiger partial charge in [-0.05, 0) is 54.8 Å². The quantitative estimate of drug-likeness (QED) is 0.648. The Kier molecular flexibility index (Phi) is 7.17. The van der Waals surface area contributed by atoms with Gasteiger partial charge in [0, 0.05) is 32.6 Å². The maximum atomic E-state index is 13.1. The van der Waals surface area contributed by atoms with Gasteiger partial charge in [-0.3, -0.25) is 4.79 Å². The lowest BCUT2D eigenvalue weighted by molar-refractivity contribution is -0.135. The highest BCUT2D eigenvalue weighted by Crippen LogP contribution is 2.29. The molecule has 1 heterocycles. The van der Waals surface area contributed by atoms with Crippen molar-refractivity contribution in [3.05, 3.63) is 53.8 Å². The highest BCUT2D eigenvalue weighted by atomic mass is 32.2. The lowest BCUT2D eigenvalue weighted by atomic mass is 9.96. The van der Waals surface area contributed by atoms with Gasteiger partial charge in [0.1, 0.15) is 5.82 Å². The fourth-order valence-corrected chi connectivity index (χ4v) is 5.21. The van der Waals surface area contributed by atoms with E-state index in [1.807, 2.05) is 12.1 Å². The number of carbonyl (C=O) groups excluding carboxylic acids is 1. The smallest absolute Gasteiger partial charge is 0.243 e. The molecule has 168 valence electrons. The van der Waals surface area contributed by atoms with Gasteiger partial charge in [-0.25, -0.2) is 12.8 Å². The molecule has 0 aliphatic carbocycles. The van der Waals surface area contributed by atoms with Crippen molar-refractivity contribution in [2.75, 3.05) is 34.4 Å². The molecule has 0 saturated carbocycles. The first-order chi connectivity index (χ1) is 14.8. The van der Waals surface area contributed by atoms with Crippen LogP contribution in [0.1, 0.15) is 18.4 Å². The number of nitrogens with zero attached hydrogens (tertiary/aromatic N) is 2. The SMILES string of the molecule is COc1ccc(CN(C)C(=O)C2CCN(S(=O)(=O)c3ccc(F)cc3)CC2)cc1OC. The Morgan fingerprint density at radius 3 is 2.26 bits per heavy atom. The van der Waals surface area contributed by atoms with Crippen LogP contribution in [0.3, 0.4) is 0 Å². The Labute approximate surface area is 182 Å². The van der Waals surface area contributed by atoms with Crippen molar-refractivity contribution in [3.8, 4) is 11.5 Å². The second-order valence-electron chi connectivity index (χ2n) is 7.52. The molecule has 0 unspecified atom stereocenters. The standard InChI is InChI=1S/C22H27FN2O5S/c1-24(15-16-4-9-20(29-2)21(14-16)30-3)22(26)17-10-12-25(13-11-17)31(27,28)19-7-5-18(23)6-8-19/h4-9,14,17H,10-13,15H2,1-3H3. The van der Waals surface area contributed by atoms with Crippen molar-refractivity contribution >= 4 is 15.9 Å². The van der Waals surface area contributed by atoms with E-state index in [9.17, 15) is 17.6 Å². The second-order valence-corrected chi connectivity index (χ2v) is 9.45. The van der Waals surface area contributed by atoms with Crippen molar-refractivity contribution in [3.63, 3.8) is 0 Å². The van der Waals surface area contributed by atoms with Gasteiger partial charge in [-0.15, -0.1) is 0 Å². The predicted octanol–water partition coefficient (Wildman–Crippen LogP) is 2.90. The third-order valence-electron chi connectivity index (χ3n) is 5.50. The third kappa shape index (κ3) is 5.16. The van der Waals surface area contributed by atoms with Gasteiger partial charge in [0.05, 0.1) is 19.1 Å². The summed E-state index contributed by atoms with van der Waals surface area (Å²) in [6.45, 7) is 0.911. The van der Waals surface area contributed by atoms with E-state index in [2.05, 4.69) is 0 Å². The second kappa shape index (κ2) is 9.65. The maximum absolute atomic E-state index is 13.1. The Hall–Kier alpha value is -2.65. The van der Waals surface area contributed by atoms with Crippen LogP contribution in [0.4, 0.5) is 4.39 Å². The van der Waals surface area contributed by atoms with E-state index in [-0.39, 0.29) is 29.8 Å². The van der Waals surface area contributed by atoms with Crippen molar-refractivity contribution in [2.24, 2.45) is 5.92 Å². The molecule has 0 aromatic heterocycles. The van der Waals surface area contributed by atoms with Gasteiger partial charge in [0.25, 0.3) is 0 Å². The minimum Gasteiger partial charge on any atom is -0.493 e. The summed E-state index contributed by atoms with van der Waals surface area (Å²) in [7, 11) is 1.17. The zero-order chi connectivity index (χ0) is 22.6. The van der Waals surface area contributed by atoms with Gasteiger partial charge in [0.2, 0.25) is 15.9 Å². The van der Waals surface area contributed by atoms with E-state index in [1.54, 1.807) is 32.2 Å². The van der Waals surface area contributed by atoms with Crippen LogP contribution in [0, 0.1) is 11.7 Å². The van der Waals surface area contributed by atoms with E-state index < -0.39 is 15.8 Å². The number of hydrogen-bond donors (Lipinski definition) is 0. The van der Waals surface area contributed by atoms with Gasteiger partial charge in [-0.2, -0.15) is 4.31 Å². The summed E-state index contributed by atoms with van der Waals surface area (Å²) < 4.78 is 50.5. The zero-order valence-corrected chi connectivity index (χ0v) is 18.7. The number of sulfonamides is 1. The average molecular weight is 451 g/mol. The number of halogens is 1. The van der Waals surface area contributed by atoms with Crippen LogP contribution >= 0.6 is 0 Å². The fourth-order valence-electron chi connectivity index (χ4n) is 3.74. The summed E-state index contributed by atoms with van der Waals surface area (Å²) in [5, 5.41) is 0. The molecular weight excluding hydrogens is 423 g/mol. The van der Waals surface area contributed by atoms with Crippen LogP contribution < -0.4 is 9.47 Å². The third-order valence-corrected chi connectivity index (χ3v) is 7.41. The normalized spacial score (nSPS) is 15.5. The monoisotopic (exact) mass is 450 g/mol. The summed E-state index contributed by atoms with van der Waals surface area (Å²) >= 11 is 0. The summed E-state index contributed by atoms with van der Waals surface area (Å²) in [4.78, 5) is 14.6. The Balaban J connectivity index is 1.60. The Morgan fingerprint density at radius 1 is 1.06 bits per heavy atom. The average Bonchev–Trinajstić information content (AvgIpc) is 2.78. The number of carbonyl (C=O) groups is 1. The van der Waals surface area contributed by atoms with Gasteiger partial charge >= 0.3 is 0 Å². The number of methoxy groups -OCH3 is 2. The molecule has 1 aliphatic heterocycles. The molecular formula is C22H27FN2O5S. The van der Waals surface area contributed by atoms with Crippen LogP contribution in [-0.2, 0) is 21.4 Å². The predicted molar refractivity (Wildman–Crippen MR) is 114 cm³/mol. The lowest BCUT2D eigenvalue weighted by Gasteiger charge is -2.32. The van der Waals surface area contributed by atoms with E-state index >= 15 is 0 Å². The maximum Gasteiger partial charge on any atom is 0.243 e. The molecule has 1 fully saturated rings. The number of benzene rings is 2. The first-order valence-electron chi connectivity index (χ1n) is 9.98. The number of ether oxygens (including phenoxy) is 2. The molecule has 9 heteroatoms. The Bertz CT molecular complexity index is 1020. The largest absolute Gasteiger partial charge is 0.493 e. The van der Waals surface area contributed by atoms with Gasteiger partial charge in [0.15, 0.2) is 11.5 Å². The first kappa shape index (κ1) is 23.0. The molecule has 3 rings (SSSR count).